The first-order valence-electron chi connectivity index (χ1n) is 8.55. The van der Waals surface area contributed by atoms with Gasteiger partial charge in [-0.25, -0.2) is 4.39 Å². The lowest BCUT2D eigenvalue weighted by molar-refractivity contribution is -0.123. The second-order valence-electron chi connectivity index (χ2n) is 5.63. The van der Waals surface area contributed by atoms with Gasteiger partial charge in [-0.3, -0.25) is 4.79 Å². The summed E-state index contributed by atoms with van der Waals surface area (Å²) in [6, 6.07) is 14.0. The maximum absolute atomic E-state index is 13.4. The lowest BCUT2D eigenvalue weighted by Gasteiger charge is -2.11. The fourth-order valence-electron chi connectivity index (χ4n) is 2.33. The van der Waals surface area contributed by atoms with Gasteiger partial charge in [-0.05, 0) is 43.0 Å². The van der Waals surface area contributed by atoms with Crippen molar-refractivity contribution in [2.24, 2.45) is 0 Å². The Kier molecular flexibility index (Phi) is 7.76. The first kappa shape index (κ1) is 18.8. The number of carbonyl (C=O) groups excluding carboxylic acids is 1. The molecule has 5 heteroatoms. The van der Waals surface area contributed by atoms with Gasteiger partial charge in [0, 0.05) is 6.54 Å². The molecule has 2 rings (SSSR count). The SMILES string of the molecule is CCCOc1ccccc1CCCNC(=O)COc1ccccc1F. The van der Waals surface area contributed by atoms with E-state index in [0.29, 0.717) is 13.2 Å². The van der Waals surface area contributed by atoms with Crippen LogP contribution in [0.4, 0.5) is 4.39 Å². The number of amides is 1. The molecule has 0 fully saturated rings. The van der Waals surface area contributed by atoms with Gasteiger partial charge >= 0.3 is 0 Å². The average Bonchev–Trinajstić information content (AvgIpc) is 2.63. The fraction of sp³-hybridized carbons (Fsp3) is 0.350. The summed E-state index contributed by atoms with van der Waals surface area (Å²) in [5, 5.41) is 2.78. The van der Waals surface area contributed by atoms with Crippen LogP contribution in [0.5, 0.6) is 11.5 Å². The molecule has 0 spiro atoms. The van der Waals surface area contributed by atoms with Gasteiger partial charge < -0.3 is 14.8 Å². The molecule has 0 saturated carbocycles. The minimum atomic E-state index is -0.473. The third-order valence-electron chi connectivity index (χ3n) is 3.57. The number of benzene rings is 2. The standard InChI is InChI=1S/C20H24FNO3/c1-2-14-24-18-11-5-3-8-16(18)9-7-13-22-20(23)15-25-19-12-6-4-10-17(19)21/h3-6,8,10-12H,2,7,9,13-15H2,1H3,(H,22,23). The van der Waals surface area contributed by atoms with E-state index in [2.05, 4.69) is 12.2 Å². The van der Waals surface area contributed by atoms with Crippen molar-refractivity contribution in [1.82, 2.24) is 5.32 Å². The van der Waals surface area contributed by atoms with Crippen LogP contribution < -0.4 is 14.8 Å². The molecular formula is C20H24FNO3. The molecule has 0 aliphatic carbocycles. The summed E-state index contributed by atoms with van der Waals surface area (Å²) < 4.78 is 24.3. The zero-order chi connectivity index (χ0) is 17.9. The highest BCUT2D eigenvalue weighted by molar-refractivity contribution is 5.77. The number of para-hydroxylation sites is 2. The van der Waals surface area contributed by atoms with Crippen LogP contribution in [-0.4, -0.2) is 25.7 Å². The molecule has 2 aromatic rings. The number of ether oxygens (including phenoxy) is 2. The van der Waals surface area contributed by atoms with E-state index in [4.69, 9.17) is 9.47 Å². The lowest BCUT2D eigenvalue weighted by atomic mass is 10.1. The molecule has 0 radical (unpaired) electrons. The van der Waals surface area contributed by atoms with Gasteiger partial charge in [0.1, 0.15) is 5.75 Å². The Labute approximate surface area is 148 Å². The largest absolute Gasteiger partial charge is 0.493 e. The van der Waals surface area contributed by atoms with E-state index < -0.39 is 5.82 Å². The topological polar surface area (TPSA) is 47.6 Å². The summed E-state index contributed by atoms with van der Waals surface area (Å²) in [4.78, 5) is 11.8. The predicted octanol–water partition coefficient (Wildman–Crippen LogP) is 3.74. The number of aryl methyl sites for hydroxylation is 1. The van der Waals surface area contributed by atoms with Crippen molar-refractivity contribution in [3.05, 3.63) is 59.9 Å². The van der Waals surface area contributed by atoms with Gasteiger partial charge in [0.15, 0.2) is 18.2 Å². The molecule has 1 amide bonds. The molecule has 0 unspecified atom stereocenters. The summed E-state index contributed by atoms with van der Waals surface area (Å²) in [6.07, 6.45) is 2.57. The molecular weight excluding hydrogens is 321 g/mol. The molecule has 0 saturated heterocycles. The number of hydrogen-bond acceptors (Lipinski definition) is 3. The van der Waals surface area contributed by atoms with E-state index in [1.165, 1.54) is 12.1 Å². The van der Waals surface area contributed by atoms with Crippen molar-refractivity contribution >= 4 is 5.91 Å². The average molecular weight is 345 g/mol. The molecule has 0 heterocycles. The maximum Gasteiger partial charge on any atom is 0.257 e. The molecule has 0 aromatic heterocycles. The Hall–Kier alpha value is -2.56. The van der Waals surface area contributed by atoms with Gasteiger partial charge in [-0.1, -0.05) is 37.3 Å². The van der Waals surface area contributed by atoms with Crippen molar-refractivity contribution in [2.75, 3.05) is 19.8 Å². The van der Waals surface area contributed by atoms with Crippen molar-refractivity contribution in [2.45, 2.75) is 26.2 Å². The first-order chi connectivity index (χ1) is 12.2. The molecule has 2 aromatic carbocycles. The first-order valence-corrected chi connectivity index (χ1v) is 8.55. The summed E-state index contributed by atoms with van der Waals surface area (Å²) in [7, 11) is 0. The number of halogens is 1. The van der Waals surface area contributed by atoms with E-state index in [-0.39, 0.29) is 18.3 Å². The van der Waals surface area contributed by atoms with Gasteiger partial charge in [0.25, 0.3) is 5.91 Å². The predicted molar refractivity (Wildman–Crippen MR) is 95.5 cm³/mol. The molecule has 0 aliphatic rings. The molecule has 0 atom stereocenters. The van der Waals surface area contributed by atoms with Crippen LogP contribution >= 0.6 is 0 Å². The second kappa shape index (κ2) is 10.3. The van der Waals surface area contributed by atoms with Crippen LogP contribution in [-0.2, 0) is 11.2 Å². The summed E-state index contributed by atoms with van der Waals surface area (Å²) >= 11 is 0. The highest BCUT2D eigenvalue weighted by Gasteiger charge is 2.07. The highest BCUT2D eigenvalue weighted by Crippen LogP contribution is 2.19. The highest BCUT2D eigenvalue weighted by atomic mass is 19.1. The third kappa shape index (κ3) is 6.45. The minimum absolute atomic E-state index is 0.0830. The Bertz CT molecular complexity index is 675. The van der Waals surface area contributed by atoms with E-state index in [9.17, 15) is 9.18 Å². The van der Waals surface area contributed by atoms with Crippen LogP contribution in [0.3, 0.4) is 0 Å². The number of rotatable bonds is 10. The van der Waals surface area contributed by atoms with Gasteiger partial charge in [0.2, 0.25) is 0 Å². The van der Waals surface area contributed by atoms with E-state index >= 15 is 0 Å². The van der Waals surface area contributed by atoms with Crippen molar-refractivity contribution in [3.63, 3.8) is 0 Å². The summed E-state index contributed by atoms with van der Waals surface area (Å²) in [5.74, 6) is 0.246. The van der Waals surface area contributed by atoms with E-state index in [1.807, 2.05) is 24.3 Å². The Morgan fingerprint density at radius 3 is 2.52 bits per heavy atom. The lowest BCUT2D eigenvalue weighted by Crippen LogP contribution is -2.30. The molecule has 25 heavy (non-hydrogen) atoms. The molecule has 134 valence electrons. The maximum atomic E-state index is 13.4. The van der Waals surface area contributed by atoms with E-state index in [0.717, 1.165) is 30.6 Å². The minimum Gasteiger partial charge on any atom is -0.493 e. The van der Waals surface area contributed by atoms with Crippen LogP contribution in [0.1, 0.15) is 25.3 Å². The quantitative estimate of drug-likeness (QED) is 0.667. The van der Waals surface area contributed by atoms with Gasteiger partial charge in [-0.15, -0.1) is 0 Å². The molecule has 1 N–H and O–H groups in total. The smallest absolute Gasteiger partial charge is 0.257 e. The molecule has 4 nitrogen and oxygen atoms in total. The number of carbonyl (C=O) groups is 1. The normalized spacial score (nSPS) is 10.3. The number of nitrogens with one attached hydrogen (secondary N) is 1. The van der Waals surface area contributed by atoms with Crippen LogP contribution in [0.2, 0.25) is 0 Å². The summed E-state index contributed by atoms with van der Waals surface area (Å²) in [6.45, 7) is 3.10. The Morgan fingerprint density at radius 1 is 1.04 bits per heavy atom. The number of hydrogen-bond donors (Lipinski definition) is 1. The van der Waals surface area contributed by atoms with Crippen LogP contribution in [0.15, 0.2) is 48.5 Å². The van der Waals surface area contributed by atoms with Crippen molar-refractivity contribution in [3.8, 4) is 11.5 Å². The molecule has 0 aliphatic heterocycles. The van der Waals surface area contributed by atoms with Gasteiger partial charge in [-0.2, -0.15) is 0 Å². The second-order valence-corrected chi connectivity index (χ2v) is 5.63. The third-order valence-corrected chi connectivity index (χ3v) is 3.57. The van der Waals surface area contributed by atoms with E-state index in [1.54, 1.807) is 12.1 Å². The van der Waals surface area contributed by atoms with Crippen LogP contribution in [0.25, 0.3) is 0 Å². The molecule has 0 bridgehead atoms. The fourth-order valence-corrected chi connectivity index (χ4v) is 2.33. The Morgan fingerprint density at radius 2 is 1.76 bits per heavy atom. The van der Waals surface area contributed by atoms with Crippen molar-refractivity contribution < 1.29 is 18.7 Å². The van der Waals surface area contributed by atoms with Crippen molar-refractivity contribution in [1.29, 1.82) is 0 Å². The Balaban J connectivity index is 1.69. The monoisotopic (exact) mass is 345 g/mol. The zero-order valence-corrected chi connectivity index (χ0v) is 14.5. The van der Waals surface area contributed by atoms with Gasteiger partial charge in [0.05, 0.1) is 6.61 Å². The summed E-state index contributed by atoms with van der Waals surface area (Å²) in [5.41, 5.74) is 1.13. The zero-order valence-electron chi connectivity index (χ0n) is 14.5. The van der Waals surface area contributed by atoms with Crippen LogP contribution in [0, 0.1) is 5.82 Å².